The van der Waals surface area contributed by atoms with Crippen LogP contribution in [0.2, 0.25) is 0 Å². The average Bonchev–Trinajstić information content (AvgIpc) is 3.00. The summed E-state index contributed by atoms with van der Waals surface area (Å²) in [4.78, 5) is 0. The van der Waals surface area contributed by atoms with E-state index >= 15 is 0 Å². The molecule has 3 aromatic rings. The maximum absolute atomic E-state index is 2.40. The van der Waals surface area contributed by atoms with Gasteiger partial charge in [0.15, 0.2) is 0 Å². The Balaban J connectivity index is 1.77. The highest BCUT2D eigenvalue weighted by Gasteiger charge is 2.17. The Hall–Kier alpha value is -2.60. The van der Waals surface area contributed by atoms with Gasteiger partial charge in [-0.05, 0) is 57.5 Å². The Labute approximate surface area is 150 Å². The van der Waals surface area contributed by atoms with Crippen molar-refractivity contribution in [3.8, 4) is 0 Å². The Morgan fingerprint density at radius 1 is 0.760 bits per heavy atom. The molecule has 0 aromatic heterocycles. The summed E-state index contributed by atoms with van der Waals surface area (Å²) in [6.07, 6.45) is 9.79. The van der Waals surface area contributed by atoms with Crippen molar-refractivity contribution in [1.82, 2.24) is 0 Å². The van der Waals surface area contributed by atoms with E-state index in [4.69, 9.17) is 0 Å². The first kappa shape index (κ1) is 15.9. The quantitative estimate of drug-likeness (QED) is 0.430. The van der Waals surface area contributed by atoms with Gasteiger partial charge >= 0.3 is 0 Å². The van der Waals surface area contributed by atoms with E-state index in [9.17, 15) is 0 Å². The standard InChI is InChI=1S/C25H24/c1-2-3-4-11-21-18-22(25-16-8-7-15-24(21)25)17-20-13-9-12-19-10-5-6-14-23(19)20/h5-10,12-18H,2-4,11H2,1H3/b22-17+. The van der Waals surface area contributed by atoms with Gasteiger partial charge in [-0.2, -0.15) is 0 Å². The molecule has 124 valence electrons. The number of rotatable bonds is 5. The first-order valence-corrected chi connectivity index (χ1v) is 9.36. The van der Waals surface area contributed by atoms with Crippen LogP contribution in [0.5, 0.6) is 0 Å². The van der Waals surface area contributed by atoms with Crippen LogP contribution >= 0.6 is 0 Å². The van der Waals surface area contributed by atoms with Gasteiger partial charge in [0, 0.05) is 0 Å². The normalized spacial score (nSPS) is 14.8. The van der Waals surface area contributed by atoms with Crippen molar-refractivity contribution >= 4 is 28.0 Å². The van der Waals surface area contributed by atoms with E-state index in [1.807, 2.05) is 0 Å². The van der Waals surface area contributed by atoms with Crippen molar-refractivity contribution in [3.63, 3.8) is 0 Å². The number of unbranched alkanes of at least 4 members (excludes halogenated alkanes) is 2. The minimum absolute atomic E-state index is 1.18. The first-order chi connectivity index (χ1) is 12.4. The van der Waals surface area contributed by atoms with Gasteiger partial charge in [0.25, 0.3) is 0 Å². The Kier molecular flexibility index (Phi) is 4.52. The van der Waals surface area contributed by atoms with E-state index in [1.54, 1.807) is 0 Å². The SMILES string of the molecule is CCCCCC1=C/C(=C\c2cccc3ccccc23)c2ccccc21. The molecule has 1 aliphatic carbocycles. The van der Waals surface area contributed by atoms with Crippen molar-refractivity contribution in [2.45, 2.75) is 32.6 Å². The van der Waals surface area contributed by atoms with Crippen LogP contribution in [-0.4, -0.2) is 0 Å². The molecule has 0 spiro atoms. The van der Waals surface area contributed by atoms with Gasteiger partial charge < -0.3 is 0 Å². The molecule has 0 unspecified atom stereocenters. The predicted octanol–water partition coefficient (Wildman–Crippen LogP) is 7.36. The number of fused-ring (bicyclic) bond motifs is 2. The summed E-state index contributed by atoms with van der Waals surface area (Å²) in [5, 5.41) is 2.62. The minimum Gasteiger partial charge on any atom is -0.0654 e. The third-order valence-electron chi connectivity index (χ3n) is 5.10. The fraction of sp³-hybridized carbons (Fsp3) is 0.200. The fourth-order valence-electron chi connectivity index (χ4n) is 3.79. The molecule has 0 fully saturated rings. The molecule has 0 heteroatoms. The second-order valence-corrected chi connectivity index (χ2v) is 6.84. The van der Waals surface area contributed by atoms with Crippen molar-refractivity contribution in [2.24, 2.45) is 0 Å². The maximum Gasteiger partial charge on any atom is -0.0108 e. The highest BCUT2D eigenvalue weighted by atomic mass is 14.2. The van der Waals surface area contributed by atoms with Crippen LogP contribution in [0, 0.1) is 0 Å². The zero-order chi connectivity index (χ0) is 17.1. The number of benzene rings is 3. The smallest absolute Gasteiger partial charge is 0.0108 e. The van der Waals surface area contributed by atoms with E-state index in [0.717, 1.165) is 0 Å². The monoisotopic (exact) mass is 324 g/mol. The largest absolute Gasteiger partial charge is 0.0654 e. The van der Waals surface area contributed by atoms with E-state index in [1.165, 1.54) is 64.3 Å². The van der Waals surface area contributed by atoms with Crippen molar-refractivity contribution in [2.75, 3.05) is 0 Å². The molecule has 0 nitrogen and oxygen atoms in total. The topological polar surface area (TPSA) is 0 Å². The van der Waals surface area contributed by atoms with Gasteiger partial charge in [0.1, 0.15) is 0 Å². The highest BCUT2D eigenvalue weighted by Crippen LogP contribution is 2.39. The molecule has 1 aliphatic rings. The number of hydrogen-bond acceptors (Lipinski definition) is 0. The zero-order valence-electron chi connectivity index (χ0n) is 14.8. The van der Waals surface area contributed by atoms with Crippen LogP contribution in [0.4, 0.5) is 0 Å². The van der Waals surface area contributed by atoms with Crippen LogP contribution in [0.3, 0.4) is 0 Å². The molecule has 25 heavy (non-hydrogen) atoms. The van der Waals surface area contributed by atoms with Crippen molar-refractivity contribution in [3.05, 3.63) is 89.5 Å². The molecule has 0 saturated carbocycles. The average molecular weight is 324 g/mol. The molecule has 0 saturated heterocycles. The second-order valence-electron chi connectivity index (χ2n) is 6.84. The first-order valence-electron chi connectivity index (χ1n) is 9.36. The van der Waals surface area contributed by atoms with E-state index in [2.05, 4.69) is 85.8 Å². The van der Waals surface area contributed by atoms with Gasteiger partial charge in [0.05, 0.1) is 0 Å². The fourth-order valence-corrected chi connectivity index (χ4v) is 3.79. The summed E-state index contributed by atoms with van der Waals surface area (Å²) in [5.74, 6) is 0. The minimum atomic E-state index is 1.18. The summed E-state index contributed by atoms with van der Waals surface area (Å²) in [6.45, 7) is 2.27. The molecule has 0 amide bonds. The molecule has 0 atom stereocenters. The van der Waals surface area contributed by atoms with Gasteiger partial charge in [-0.15, -0.1) is 0 Å². The van der Waals surface area contributed by atoms with E-state index in [-0.39, 0.29) is 0 Å². The van der Waals surface area contributed by atoms with Crippen LogP contribution in [0.25, 0.3) is 28.0 Å². The Morgan fingerprint density at radius 2 is 1.52 bits per heavy atom. The van der Waals surface area contributed by atoms with E-state index < -0.39 is 0 Å². The summed E-state index contributed by atoms with van der Waals surface area (Å²) in [5.41, 5.74) is 6.94. The molecule has 0 heterocycles. The van der Waals surface area contributed by atoms with Crippen LogP contribution in [0.15, 0.2) is 72.8 Å². The van der Waals surface area contributed by atoms with Gasteiger partial charge in [-0.3, -0.25) is 0 Å². The Morgan fingerprint density at radius 3 is 2.40 bits per heavy atom. The Bertz CT molecular complexity index is 951. The molecule has 3 aromatic carbocycles. The van der Waals surface area contributed by atoms with Gasteiger partial charge in [-0.1, -0.05) is 92.6 Å². The highest BCUT2D eigenvalue weighted by molar-refractivity contribution is 6.04. The summed E-state index contributed by atoms with van der Waals surface area (Å²) in [7, 11) is 0. The zero-order valence-corrected chi connectivity index (χ0v) is 14.8. The third-order valence-corrected chi connectivity index (χ3v) is 5.10. The number of hydrogen-bond donors (Lipinski definition) is 0. The number of allylic oxidation sites excluding steroid dienone is 3. The van der Waals surface area contributed by atoms with Crippen molar-refractivity contribution < 1.29 is 0 Å². The lowest BCUT2D eigenvalue weighted by molar-refractivity contribution is 0.736. The van der Waals surface area contributed by atoms with Crippen LogP contribution in [-0.2, 0) is 0 Å². The molecule has 0 radical (unpaired) electrons. The summed E-state index contributed by atoms with van der Waals surface area (Å²) >= 11 is 0. The van der Waals surface area contributed by atoms with Crippen LogP contribution < -0.4 is 0 Å². The lowest BCUT2D eigenvalue weighted by atomic mass is 9.99. The lowest BCUT2D eigenvalue weighted by Gasteiger charge is -2.06. The third kappa shape index (κ3) is 3.17. The second kappa shape index (κ2) is 7.11. The van der Waals surface area contributed by atoms with Crippen molar-refractivity contribution in [1.29, 1.82) is 0 Å². The molecule has 0 aliphatic heterocycles. The predicted molar refractivity (Wildman–Crippen MR) is 110 cm³/mol. The summed E-state index contributed by atoms with van der Waals surface area (Å²) < 4.78 is 0. The van der Waals surface area contributed by atoms with Crippen LogP contribution in [0.1, 0.15) is 49.3 Å². The van der Waals surface area contributed by atoms with Gasteiger partial charge in [-0.25, -0.2) is 0 Å². The van der Waals surface area contributed by atoms with Gasteiger partial charge in [0.2, 0.25) is 0 Å². The molecular weight excluding hydrogens is 300 g/mol. The molecule has 0 bridgehead atoms. The maximum atomic E-state index is 2.40. The van der Waals surface area contributed by atoms with E-state index in [0.29, 0.717) is 0 Å². The molecular formula is C25H24. The summed E-state index contributed by atoms with van der Waals surface area (Å²) in [6, 6.07) is 24.0. The lowest BCUT2D eigenvalue weighted by Crippen LogP contribution is -1.85. The molecule has 0 N–H and O–H groups in total. The molecule has 4 rings (SSSR count).